The molecule has 1 amide bonds. The maximum Gasteiger partial charge on any atom is 0.348 e. The number of hydrogen-bond donors (Lipinski definition) is 1. The first kappa shape index (κ1) is 29.5. The molecule has 0 aliphatic rings. The van der Waals surface area contributed by atoms with Gasteiger partial charge in [-0.05, 0) is 64.4 Å². The van der Waals surface area contributed by atoms with Gasteiger partial charge in [-0.2, -0.15) is 0 Å². The molecule has 1 N–H and O–H groups in total. The van der Waals surface area contributed by atoms with Gasteiger partial charge in [0.05, 0.1) is 48.8 Å². The molecule has 2 heterocycles. The molecule has 41 heavy (non-hydrogen) atoms. The van der Waals surface area contributed by atoms with Gasteiger partial charge in [0.1, 0.15) is 21.4 Å². The summed E-state index contributed by atoms with van der Waals surface area (Å²) in [7, 11) is 3.11. The molecule has 0 radical (unpaired) electrons. The lowest BCUT2D eigenvalue weighted by Gasteiger charge is -2.14. The fourth-order valence-electron chi connectivity index (χ4n) is 4.26. The number of carbonyl (C=O) groups is 3. The van der Waals surface area contributed by atoms with Gasteiger partial charge < -0.3 is 24.3 Å². The topological polar surface area (TPSA) is 113 Å². The first-order valence-electron chi connectivity index (χ1n) is 13.0. The number of carbonyl (C=O) groups excluding carboxylic acids is 3. The lowest BCUT2D eigenvalue weighted by Crippen LogP contribution is -2.17. The molecule has 2 aromatic heterocycles. The van der Waals surface area contributed by atoms with E-state index in [-0.39, 0.29) is 21.5 Å². The highest BCUT2D eigenvalue weighted by molar-refractivity contribution is 7.18. The number of anilines is 1. The summed E-state index contributed by atoms with van der Waals surface area (Å²) in [6.45, 7) is 8.56. The third-order valence-corrected chi connectivity index (χ3v) is 7.28. The predicted octanol–water partition coefficient (Wildman–Crippen LogP) is 6.67. The predicted molar refractivity (Wildman–Crippen MR) is 158 cm³/mol. The number of thiophene rings is 1. The van der Waals surface area contributed by atoms with E-state index in [9.17, 15) is 14.4 Å². The maximum atomic E-state index is 13.9. The number of esters is 2. The van der Waals surface area contributed by atoms with E-state index in [1.54, 1.807) is 73.1 Å². The maximum absolute atomic E-state index is 13.9. The van der Waals surface area contributed by atoms with Gasteiger partial charge in [0, 0.05) is 17.0 Å². The first-order valence-corrected chi connectivity index (χ1v) is 13.8. The third kappa shape index (κ3) is 6.33. The second-order valence-corrected chi connectivity index (χ2v) is 10.8. The summed E-state index contributed by atoms with van der Waals surface area (Å²) in [6, 6.07) is 14.3. The highest BCUT2D eigenvalue weighted by Crippen LogP contribution is 2.37. The number of ether oxygens (including phenoxy) is 4. The molecular weight excluding hydrogens is 544 g/mol. The summed E-state index contributed by atoms with van der Waals surface area (Å²) in [5, 5.41) is 3.66. The van der Waals surface area contributed by atoms with E-state index in [0.717, 1.165) is 11.3 Å². The Labute approximate surface area is 242 Å². The molecule has 0 spiro atoms. The Morgan fingerprint density at radius 2 is 1.56 bits per heavy atom. The van der Waals surface area contributed by atoms with Crippen molar-refractivity contribution < 1.29 is 33.3 Å². The van der Waals surface area contributed by atoms with Crippen LogP contribution in [0, 0.1) is 6.92 Å². The quantitative estimate of drug-likeness (QED) is 0.220. The van der Waals surface area contributed by atoms with E-state index < -0.39 is 23.9 Å². The van der Waals surface area contributed by atoms with E-state index in [1.165, 1.54) is 0 Å². The molecule has 0 aliphatic carbocycles. The molecule has 4 rings (SSSR count). The molecule has 9 nitrogen and oxygen atoms in total. The van der Waals surface area contributed by atoms with Crippen LogP contribution in [0.4, 0.5) is 5.00 Å². The Morgan fingerprint density at radius 1 is 0.878 bits per heavy atom. The molecule has 0 unspecified atom stereocenters. The summed E-state index contributed by atoms with van der Waals surface area (Å²) in [6.07, 6.45) is -0.757. The third-order valence-electron chi connectivity index (χ3n) is 6.09. The Balaban J connectivity index is 1.82. The number of hydrogen-bond acceptors (Lipinski definition) is 9. The minimum absolute atomic E-state index is 0.114. The average molecular weight is 577 g/mol. The number of methoxy groups -OCH3 is 2. The van der Waals surface area contributed by atoms with Crippen molar-refractivity contribution in [2.75, 3.05) is 19.5 Å². The van der Waals surface area contributed by atoms with Crippen LogP contribution >= 0.6 is 11.3 Å². The first-order chi connectivity index (χ1) is 19.5. The number of para-hydroxylation sites is 1. The molecule has 0 bridgehead atoms. The number of nitrogens with one attached hydrogen (secondary N) is 1. The number of pyridine rings is 1. The Bertz CT molecular complexity index is 1620. The molecule has 4 aromatic rings. The van der Waals surface area contributed by atoms with Gasteiger partial charge >= 0.3 is 11.9 Å². The zero-order valence-corrected chi connectivity index (χ0v) is 24.8. The van der Waals surface area contributed by atoms with Crippen LogP contribution in [0.2, 0.25) is 0 Å². The lowest BCUT2D eigenvalue weighted by atomic mass is 10.0. The van der Waals surface area contributed by atoms with Crippen LogP contribution in [0.5, 0.6) is 11.5 Å². The SMILES string of the molecule is COc1ccc(-c2cc(C(=O)Nc3sc(C(=O)OC(C)C)c(C)c3C(=O)OC(C)C)c3ccccc3n2)c(OC)c1. The van der Waals surface area contributed by atoms with Gasteiger partial charge in [0.15, 0.2) is 0 Å². The minimum Gasteiger partial charge on any atom is -0.497 e. The molecule has 10 heteroatoms. The van der Waals surface area contributed by atoms with E-state index in [4.69, 9.17) is 23.9 Å². The Kier molecular flexibility index (Phi) is 8.92. The molecule has 0 saturated heterocycles. The summed E-state index contributed by atoms with van der Waals surface area (Å²) in [5.74, 6) is -0.564. The highest BCUT2D eigenvalue weighted by atomic mass is 32.1. The number of amides is 1. The van der Waals surface area contributed by atoms with Crippen LogP contribution in [-0.4, -0.2) is 49.3 Å². The summed E-state index contributed by atoms with van der Waals surface area (Å²) >= 11 is 0.974. The smallest absolute Gasteiger partial charge is 0.348 e. The Hall–Kier alpha value is -4.44. The Morgan fingerprint density at radius 3 is 2.22 bits per heavy atom. The highest BCUT2D eigenvalue weighted by Gasteiger charge is 2.29. The van der Waals surface area contributed by atoms with Crippen LogP contribution in [0.1, 0.15) is 63.6 Å². The molecule has 0 fully saturated rings. The second-order valence-electron chi connectivity index (χ2n) is 9.76. The standard InChI is InChI=1S/C31H32N2O7S/c1-16(2)39-30(35)26-18(5)27(31(36)40-17(3)4)41-29(26)33-28(34)22-15-24(32-23-11-9-8-10-20(22)23)21-13-12-19(37-6)14-25(21)38-7/h8-17H,1-7H3,(H,33,34). The average Bonchev–Trinajstić information content (AvgIpc) is 3.26. The molecular formula is C31H32N2O7S. The summed E-state index contributed by atoms with van der Waals surface area (Å²) in [4.78, 5) is 44.8. The van der Waals surface area contributed by atoms with Crippen LogP contribution in [0.3, 0.4) is 0 Å². The van der Waals surface area contributed by atoms with Crippen molar-refractivity contribution in [3.05, 3.63) is 70.1 Å². The number of rotatable bonds is 9. The fraction of sp³-hybridized carbons (Fsp3) is 0.290. The van der Waals surface area contributed by atoms with Crippen molar-refractivity contribution in [3.63, 3.8) is 0 Å². The summed E-state index contributed by atoms with van der Waals surface area (Å²) in [5.41, 5.74) is 2.59. The summed E-state index contributed by atoms with van der Waals surface area (Å²) < 4.78 is 21.7. The van der Waals surface area contributed by atoms with Gasteiger partial charge in [-0.15, -0.1) is 11.3 Å². The largest absolute Gasteiger partial charge is 0.497 e. The van der Waals surface area contributed by atoms with Gasteiger partial charge in [-0.25, -0.2) is 14.6 Å². The number of benzene rings is 2. The van der Waals surface area contributed by atoms with Gasteiger partial charge in [0.25, 0.3) is 5.91 Å². The van der Waals surface area contributed by atoms with Crippen LogP contribution < -0.4 is 14.8 Å². The van der Waals surface area contributed by atoms with Gasteiger partial charge in [0.2, 0.25) is 0 Å². The molecule has 0 aliphatic heterocycles. The van der Waals surface area contributed by atoms with Crippen LogP contribution in [0.25, 0.3) is 22.2 Å². The monoisotopic (exact) mass is 576 g/mol. The van der Waals surface area contributed by atoms with E-state index >= 15 is 0 Å². The van der Waals surface area contributed by atoms with E-state index in [0.29, 0.717) is 44.8 Å². The molecule has 0 atom stereocenters. The zero-order chi connectivity index (χ0) is 29.8. The van der Waals surface area contributed by atoms with Crippen molar-refractivity contribution in [1.29, 1.82) is 0 Å². The second kappa shape index (κ2) is 12.4. The molecule has 2 aromatic carbocycles. The van der Waals surface area contributed by atoms with Crippen molar-refractivity contribution >= 4 is 45.1 Å². The van der Waals surface area contributed by atoms with Crippen LogP contribution in [-0.2, 0) is 9.47 Å². The zero-order valence-electron chi connectivity index (χ0n) is 24.0. The molecule has 214 valence electrons. The van der Waals surface area contributed by atoms with Gasteiger partial charge in [-0.3, -0.25) is 4.79 Å². The number of fused-ring (bicyclic) bond motifs is 1. The van der Waals surface area contributed by atoms with Crippen molar-refractivity contribution in [1.82, 2.24) is 4.98 Å². The van der Waals surface area contributed by atoms with Gasteiger partial charge in [-0.1, -0.05) is 18.2 Å². The van der Waals surface area contributed by atoms with Crippen molar-refractivity contribution in [3.8, 4) is 22.8 Å². The number of aromatic nitrogens is 1. The molecule has 0 saturated carbocycles. The van der Waals surface area contributed by atoms with E-state index in [2.05, 4.69) is 5.32 Å². The van der Waals surface area contributed by atoms with E-state index in [1.807, 2.05) is 24.3 Å². The number of nitrogens with zero attached hydrogens (tertiary/aromatic N) is 1. The lowest BCUT2D eigenvalue weighted by molar-refractivity contribution is 0.0378. The van der Waals surface area contributed by atoms with Crippen molar-refractivity contribution in [2.24, 2.45) is 0 Å². The fourth-order valence-corrected chi connectivity index (χ4v) is 5.34. The normalized spacial score (nSPS) is 11.0. The van der Waals surface area contributed by atoms with Crippen LogP contribution in [0.15, 0.2) is 48.5 Å². The minimum atomic E-state index is -0.643. The van der Waals surface area contributed by atoms with Crippen molar-refractivity contribution in [2.45, 2.75) is 46.8 Å².